The summed E-state index contributed by atoms with van der Waals surface area (Å²) < 4.78 is 9.40. The lowest BCUT2D eigenvalue weighted by molar-refractivity contribution is 0.0818. The molecule has 156 valence electrons. The Hall–Kier alpha value is -2.86. The highest BCUT2D eigenvalue weighted by molar-refractivity contribution is 6.10. The normalized spacial score (nSPS) is 20.9. The molecule has 0 unspecified atom stereocenters. The first-order valence-corrected chi connectivity index (χ1v) is 10.5. The first kappa shape index (κ1) is 19.1. The SMILES string of the molecule is COc1ccc2c(c1)c(C(=O)CN1C[C@@H]3C[C@H](C1)c1cccc(=O)n1C3)c(C)n2C. The van der Waals surface area contributed by atoms with Gasteiger partial charge in [-0.05, 0) is 43.5 Å². The molecule has 0 amide bonds. The molecule has 0 aliphatic carbocycles. The molecule has 3 aromatic rings. The number of aryl methyl sites for hydroxylation is 1. The standard InChI is InChI=1S/C24H27N3O3/c1-15-24(19-10-18(30-3)7-8-21(19)25(15)2)22(28)14-26-11-16-9-17(13-26)20-5-4-6-23(29)27(20)12-16/h4-8,10,16-17H,9,11-14H2,1-3H3/t16-,17+/m0/s1. The number of hydrogen-bond acceptors (Lipinski definition) is 4. The first-order valence-electron chi connectivity index (χ1n) is 10.5. The van der Waals surface area contributed by atoms with Crippen molar-refractivity contribution in [2.45, 2.75) is 25.8 Å². The van der Waals surface area contributed by atoms with Gasteiger partial charge in [-0.25, -0.2) is 0 Å². The van der Waals surface area contributed by atoms with Crippen molar-refractivity contribution in [3.63, 3.8) is 0 Å². The molecule has 0 spiro atoms. The fourth-order valence-corrected chi connectivity index (χ4v) is 5.44. The van der Waals surface area contributed by atoms with Gasteiger partial charge in [0.2, 0.25) is 0 Å². The largest absolute Gasteiger partial charge is 0.497 e. The maximum absolute atomic E-state index is 13.4. The summed E-state index contributed by atoms with van der Waals surface area (Å²) in [6, 6.07) is 11.5. The lowest BCUT2D eigenvalue weighted by atomic mass is 9.83. The van der Waals surface area contributed by atoms with E-state index in [4.69, 9.17) is 4.74 Å². The lowest BCUT2D eigenvalue weighted by Gasteiger charge is -2.42. The Balaban J connectivity index is 1.43. The predicted molar refractivity (Wildman–Crippen MR) is 117 cm³/mol. The maximum Gasteiger partial charge on any atom is 0.250 e. The summed E-state index contributed by atoms with van der Waals surface area (Å²) in [7, 11) is 3.65. The van der Waals surface area contributed by atoms with Crippen LogP contribution in [0.15, 0.2) is 41.2 Å². The smallest absolute Gasteiger partial charge is 0.250 e. The number of piperidine rings is 1. The third-order valence-electron chi connectivity index (χ3n) is 6.90. The number of carbonyl (C=O) groups excluding carboxylic acids is 1. The average Bonchev–Trinajstić information content (AvgIpc) is 2.98. The summed E-state index contributed by atoms with van der Waals surface area (Å²) in [4.78, 5) is 27.9. The molecule has 1 saturated heterocycles. The van der Waals surface area contributed by atoms with E-state index in [0.29, 0.717) is 18.4 Å². The zero-order chi connectivity index (χ0) is 21.0. The average molecular weight is 405 g/mol. The predicted octanol–water partition coefficient (Wildman–Crippen LogP) is 2.96. The summed E-state index contributed by atoms with van der Waals surface area (Å²) in [5, 5.41) is 0.952. The van der Waals surface area contributed by atoms with Crippen LogP contribution in [0.2, 0.25) is 0 Å². The molecule has 1 fully saturated rings. The summed E-state index contributed by atoms with van der Waals surface area (Å²) in [5.41, 5.74) is 4.02. The molecular weight excluding hydrogens is 378 g/mol. The number of nitrogens with zero attached hydrogens (tertiary/aromatic N) is 3. The first-order chi connectivity index (χ1) is 14.5. The van der Waals surface area contributed by atoms with Gasteiger partial charge >= 0.3 is 0 Å². The third-order valence-corrected chi connectivity index (χ3v) is 6.90. The number of rotatable bonds is 4. The van der Waals surface area contributed by atoms with E-state index < -0.39 is 0 Å². The number of Topliss-reactive ketones (excluding diaryl/α,β-unsaturated/α-hetero) is 1. The van der Waals surface area contributed by atoms with Crippen molar-refractivity contribution in [3.05, 3.63) is 63.7 Å². The van der Waals surface area contributed by atoms with Gasteiger partial charge in [-0.3, -0.25) is 14.5 Å². The molecule has 30 heavy (non-hydrogen) atoms. The van der Waals surface area contributed by atoms with Crippen molar-refractivity contribution in [1.29, 1.82) is 0 Å². The van der Waals surface area contributed by atoms with Crippen molar-refractivity contribution in [2.24, 2.45) is 13.0 Å². The molecule has 1 aromatic carbocycles. The van der Waals surface area contributed by atoms with E-state index in [9.17, 15) is 9.59 Å². The van der Waals surface area contributed by atoms with E-state index in [0.717, 1.165) is 59.7 Å². The molecule has 2 aliphatic rings. The Morgan fingerprint density at radius 3 is 2.80 bits per heavy atom. The van der Waals surface area contributed by atoms with Crippen LogP contribution in [-0.4, -0.2) is 46.6 Å². The zero-order valence-electron chi connectivity index (χ0n) is 17.7. The van der Waals surface area contributed by atoms with E-state index in [1.54, 1.807) is 13.2 Å². The number of fused-ring (bicyclic) bond motifs is 5. The quantitative estimate of drug-likeness (QED) is 0.627. The van der Waals surface area contributed by atoms with Crippen LogP contribution in [-0.2, 0) is 13.6 Å². The van der Waals surface area contributed by atoms with Gasteiger partial charge in [0.25, 0.3) is 5.56 Å². The summed E-state index contributed by atoms with van der Waals surface area (Å²) in [6.07, 6.45) is 1.10. The zero-order valence-corrected chi connectivity index (χ0v) is 17.7. The molecule has 2 aromatic heterocycles. The molecule has 6 nitrogen and oxygen atoms in total. The van der Waals surface area contributed by atoms with Gasteiger partial charge in [0.1, 0.15) is 5.75 Å². The van der Waals surface area contributed by atoms with E-state index in [1.807, 2.05) is 42.8 Å². The van der Waals surface area contributed by atoms with Crippen molar-refractivity contribution in [2.75, 3.05) is 26.7 Å². The Morgan fingerprint density at radius 2 is 2.00 bits per heavy atom. The number of benzene rings is 1. The topological polar surface area (TPSA) is 56.5 Å². The fraction of sp³-hybridized carbons (Fsp3) is 0.417. The summed E-state index contributed by atoms with van der Waals surface area (Å²) in [6.45, 7) is 4.84. The molecule has 2 aliphatic heterocycles. The number of pyridine rings is 1. The highest BCUT2D eigenvalue weighted by atomic mass is 16.5. The molecule has 0 saturated carbocycles. The fourth-order valence-electron chi connectivity index (χ4n) is 5.44. The van der Waals surface area contributed by atoms with Crippen LogP contribution in [0.1, 0.15) is 34.1 Å². The number of methoxy groups -OCH3 is 1. The van der Waals surface area contributed by atoms with Crippen LogP contribution in [0.25, 0.3) is 10.9 Å². The Labute approximate surface area is 175 Å². The monoisotopic (exact) mass is 405 g/mol. The van der Waals surface area contributed by atoms with Crippen LogP contribution >= 0.6 is 0 Å². The number of ketones is 1. The molecular formula is C24H27N3O3. The van der Waals surface area contributed by atoms with Crippen LogP contribution in [0.5, 0.6) is 5.75 Å². The van der Waals surface area contributed by atoms with Crippen LogP contribution < -0.4 is 10.3 Å². The van der Waals surface area contributed by atoms with Gasteiger partial charge in [0.05, 0.1) is 13.7 Å². The van der Waals surface area contributed by atoms with E-state index in [-0.39, 0.29) is 11.3 Å². The summed E-state index contributed by atoms with van der Waals surface area (Å²) >= 11 is 0. The second-order valence-electron chi connectivity index (χ2n) is 8.72. The molecule has 2 bridgehead atoms. The van der Waals surface area contributed by atoms with Crippen molar-refractivity contribution in [3.8, 4) is 5.75 Å². The van der Waals surface area contributed by atoms with Gasteiger partial charge in [-0.1, -0.05) is 6.07 Å². The van der Waals surface area contributed by atoms with Crippen molar-refractivity contribution in [1.82, 2.24) is 14.0 Å². The van der Waals surface area contributed by atoms with Crippen molar-refractivity contribution < 1.29 is 9.53 Å². The van der Waals surface area contributed by atoms with Gasteiger partial charge in [-0.15, -0.1) is 0 Å². The van der Waals surface area contributed by atoms with Gasteiger partial charge < -0.3 is 13.9 Å². The lowest BCUT2D eigenvalue weighted by Crippen LogP contribution is -2.48. The number of likely N-dealkylation sites (tertiary alicyclic amines) is 1. The van der Waals surface area contributed by atoms with Crippen LogP contribution in [0.4, 0.5) is 0 Å². The maximum atomic E-state index is 13.4. The third kappa shape index (κ3) is 2.98. The number of carbonyl (C=O) groups is 1. The highest BCUT2D eigenvalue weighted by Gasteiger charge is 2.35. The minimum absolute atomic E-state index is 0.0899. The van der Waals surface area contributed by atoms with E-state index >= 15 is 0 Å². The van der Waals surface area contributed by atoms with Crippen LogP contribution in [0.3, 0.4) is 0 Å². The number of aromatic nitrogens is 2. The van der Waals surface area contributed by atoms with Gasteiger partial charge in [0, 0.05) is 66.5 Å². The van der Waals surface area contributed by atoms with Gasteiger partial charge in [0.15, 0.2) is 5.78 Å². The molecule has 5 rings (SSSR count). The Kier molecular flexibility index (Phi) is 4.54. The second-order valence-corrected chi connectivity index (χ2v) is 8.72. The summed E-state index contributed by atoms with van der Waals surface area (Å²) in [5.74, 6) is 1.64. The Bertz CT molecular complexity index is 1210. The molecule has 0 radical (unpaired) electrons. The number of hydrogen-bond donors (Lipinski definition) is 0. The minimum Gasteiger partial charge on any atom is -0.497 e. The van der Waals surface area contributed by atoms with Gasteiger partial charge in [-0.2, -0.15) is 0 Å². The molecule has 4 heterocycles. The number of ether oxygens (including phenoxy) is 1. The molecule has 2 atom stereocenters. The second kappa shape index (κ2) is 7.13. The van der Waals surface area contributed by atoms with E-state index in [2.05, 4.69) is 15.5 Å². The Morgan fingerprint density at radius 1 is 1.17 bits per heavy atom. The highest BCUT2D eigenvalue weighted by Crippen LogP contribution is 2.35. The van der Waals surface area contributed by atoms with Crippen LogP contribution in [0, 0.1) is 12.8 Å². The minimum atomic E-state index is 0.0899. The van der Waals surface area contributed by atoms with Crippen molar-refractivity contribution >= 4 is 16.7 Å². The van der Waals surface area contributed by atoms with E-state index in [1.165, 1.54) is 0 Å². The molecule has 6 heteroatoms. The molecule has 0 N–H and O–H groups in total.